The maximum atomic E-state index is 13.5. The molecule has 0 atom stereocenters. The van der Waals surface area contributed by atoms with Gasteiger partial charge in [0.2, 0.25) is 0 Å². The molecule has 0 saturated carbocycles. The second kappa shape index (κ2) is 5.36. The van der Waals surface area contributed by atoms with Gasteiger partial charge < -0.3 is 4.74 Å². The van der Waals surface area contributed by atoms with Crippen LogP contribution in [-0.4, -0.2) is 13.1 Å². The van der Waals surface area contributed by atoms with Crippen molar-refractivity contribution in [2.75, 3.05) is 7.11 Å². The summed E-state index contributed by atoms with van der Waals surface area (Å²) in [4.78, 5) is 11.4. The summed E-state index contributed by atoms with van der Waals surface area (Å²) < 4.78 is 31.0. The highest BCUT2D eigenvalue weighted by Gasteiger charge is 2.12. The molecule has 0 saturated heterocycles. The van der Waals surface area contributed by atoms with Crippen LogP contribution < -0.4 is 0 Å². The number of hydrogen-bond acceptors (Lipinski definition) is 2. The van der Waals surface area contributed by atoms with Crippen molar-refractivity contribution in [1.29, 1.82) is 0 Å². The maximum absolute atomic E-state index is 13.5. The third kappa shape index (κ3) is 2.90. The molecule has 0 heterocycles. The average Bonchev–Trinajstić information content (AvgIpc) is 2.37. The first-order chi connectivity index (χ1) is 9.01. The van der Waals surface area contributed by atoms with E-state index in [-0.39, 0.29) is 10.6 Å². The minimum absolute atomic E-state index is 0.0675. The van der Waals surface area contributed by atoms with Crippen molar-refractivity contribution in [1.82, 2.24) is 0 Å². The third-order valence-corrected chi connectivity index (χ3v) is 2.87. The van der Waals surface area contributed by atoms with Gasteiger partial charge in [-0.25, -0.2) is 13.6 Å². The first kappa shape index (κ1) is 13.5. The van der Waals surface area contributed by atoms with Gasteiger partial charge in [0.15, 0.2) is 0 Å². The minimum Gasteiger partial charge on any atom is -0.465 e. The summed E-state index contributed by atoms with van der Waals surface area (Å²) in [7, 11) is 1.21. The maximum Gasteiger partial charge on any atom is 0.337 e. The highest BCUT2D eigenvalue weighted by molar-refractivity contribution is 6.33. The molecule has 0 aliphatic rings. The summed E-state index contributed by atoms with van der Waals surface area (Å²) >= 11 is 5.90. The van der Waals surface area contributed by atoms with E-state index in [1.54, 1.807) is 0 Å². The number of hydrogen-bond donors (Lipinski definition) is 0. The number of esters is 1. The number of benzene rings is 2. The number of halogens is 3. The Morgan fingerprint density at radius 2 is 1.84 bits per heavy atom. The van der Waals surface area contributed by atoms with Crippen LogP contribution in [0.2, 0.25) is 5.02 Å². The molecule has 0 N–H and O–H groups in total. The van der Waals surface area contributed by atoms with Crippen molar-refractivity contribution in [2.45, 2.75) is 0 Å². The fourth-order valence-corrected chi connectivity index (χ4v) is 1.98. The van der Waals surface area contributed by atoms with E-state index < -0.39 is 17.6 Å². The Kier molecular flexibility index (Phi) is 3.81. The molecule has 0 unspecified atom stereocenters. The van der Waals surface area contributed by atoms with E-state index in [1.807, 2.05) is 0 Å². The fraction of sp³-hybridized carbons (Fsp3) is 0.0714. The van der Waals surface area contributed by atoms with Crippen molar-refractivity contribution in [3.05, 3.63) is 58.6 Å². The summed E-state index contributed by atoms with van der Waals surface area (Å²) in [6, 6.07) is 7.48. The minimum atomic E-state index is -0.654. The van der Waals surface area contributed by atoms with Crippen LogP contribution in [0.5, 0.6) is 0 Å². The Bertz CT molecular complexity index is 641. The molecule has 0 aliphatic carbocycles. The molecule has 2 nitrogen and oxygen atoms in total. The van der Waals surface area contributed by atoms with Crippen LogP contribution in [0.15, 0.2) is 36.4 Å². The zero-order valence-corrected chi connectivity index (χ0v) is 10.7. The monoisotopic (exact) mass is 282 g/mol. The fourth-order valence-electron chi connectivity index (χ4n) is 1.70. The summed E-state index contributed by atoms with van der Waals surface area (Å²) in [5, 5.41) is 0.140. The molecular formula is C14H9ClF2O2. The number of carbonyl (C=O) groups excluding carboxylic acids is 1. The summed E-state index contributed by atoms with van der Waals surface area (Å²) in [6.45, 7) is 0. The molecule has 2 aromatic rings. The predicted octanol–water partition coefficient (Wildman–Crippen LogP) is 4.07. The number of carbonyl (C=O) groups is 1. The molecule has 0 aromatic heterocycles. The van der Waals surface area contributed by atoms with E-state index in [0.29, 0.717) is 11.1 Å². The van der Waals surface area contributed by atoms with Crippen LogP contribution in [0.25, 0.3) is 11.1 Å². The average molecular weight is 283 g/mol. The molecule has 0 spiro atoms. The Morgan fingerprint density at radius 3 is 2.47 bits per heavy atom. The van der Waals surface area contributed by atoms with E-state index in [0.717, 1.165) is 12.1 Å². The molecule has 2 rings (SSSR count). The van der Waals surface area contributed by atoms with Crippen molar-refractivity contribution >= 4 is 17.6 Å². The van der Waals surface area contributed by atoms with E-state index >= 15 is 0 Å². The Morgan fingerprint density at radius 1 is 1.11 bits per heavy atom. The summed E-state index contributed by atoms with van der Waals surface area (Å²) in [6.07, 6.45) is 0. The Hall–Kier alpha value is -1.94. The number of methoxy groups -OCH3 is 1. The number of rotatable bonds is 2. The topological polar surface area (TPSA) is 26.3 Å². The SMILES string of the molecule is COC(=O)c1cc(F)cc(-c2ccc(F)cc2Cl)c1. The van der Waals surface area contributed by atoms with Crippen molar-refractivity contribution in [2.24, 2.45) is 0 Å². The van der Waals surface area contributed by atoms with Crippen molar-refractivity contribution in [3.63, 3.8) is 0 Å². The van der Waals surface area contributed by atoms with E-state index in [1.165, 1.54) is 31.4 Å². The van der Waals surface area contributed by atoms with Crippen LogP contribution in [-0.2, 0) is 4.74 Å². The molecule has 19 heavy (non-hydrogen) atoms. The highest BCUT2D eigenvalue weighted by atomic mass is 35.5. The standard InChI is InChI=1S/C14H9ClF2O2/c1-19-14(18)9-4-8(5-11(17)6-9)12-3-2-10(16)7-13(12)15/h2-7H,1H3. The lowest BCUT2D eigenvalue weighted by molar-refractivity contribution is 0.0600. The molecule has 98 valence electrons. The largest absolute Gasteiger partial charge is 0.465 e. The van der Waals surface area contributed by atoms with Gasteiger partial charge in [-0.2, -0.15) is 0 Å². The van der Waals surface area contributed by atoms with Gasteiger partial charge in [-0.1, -0.05) is 11.6 Å². The number of ether oxygens (including phenoxy) is 1. The lowest BCUT2D eigenvalue weighted by atomic mass is 10.0. The van der Waals surface area contributed by atoms with E-state index in [2.05, 4.69) is 4.74 Å². The molecular weight excluding hydrogens is 274 g/mol. The van der Waals surface area contributed by atoms with Gasteiger partial charge in [-0.3, -0.25) is 0 Å². The molecule has 0 fully saturated rings. The smallest absolute Gasteiger partial charge is 0.337 e. The summed E-state index contributed by atoms with van der Waals surface area (Å²) in [5.41, 5.74) is 0.885. The second-order valence-corrected chi connectivity index (χ2v) is 4.25. The van der Waals surface area contributed by atoms with E-state index in [4.69, 9.17) is 11.6 Å². The molecule has 2 aromatic carbocycles. The predicted molar refractivity (Wildman–Crippen MR) is 68.1 cm³/mol. The first-order valence-electron chi connectivity index (χ1n) is 5.35. The van der Waals surface area contributed by atoms with Crippen LogP contribution >= 0.6 is 11.6 Å². The quantitative estimate of drug-likeness (QED) is 0.776. The Balaban J connectivity index is 2.56. The van der Waals surface area contributed by atoms with Crippen molar-refractivity contribution < 1.29 is 18.3 Å². The zero-order valence-electron chi connectivity index (χ0n) is 9.91. The lowest BCUT2D eigenvalue weighted by Crippen LogP contribution is -2.02. The van der Waals surface area contributed by atoms with Crippen LogP contribution in [0.4, 0.5) is 8.78 Å². The Labute approximate surface area is 113 Å². The zero-order chi connectivity index (χ0) is 14.0. The van der Waals surface area contributed by atoms with Gasteiger partial charge in [-0.05, 0) is 42.0 Å². The van der Waals surface area contributed by atoms with E-state index in [9.17, 15) is 13.6 Å². The van der Waals surface area contributed by atoms with Gasteiger partial charge in [-0.15, -0.1) is 0 Å². The molecule has 5 heteroatoms. The molecule has 0 bridgehead atoms. The second-order valence-electron chi connectivity index (χ2n) is 3.84. The third-order valence-electron chi connectivity index (χ3n) is 2.56. The van der Waals surface area contributed by atoms with Gasteiger partial charge in [0.25, 0.3) is 0 Å². The van der Waals surface area contributed by atoms with Crippen LogP contribution in [0.3, 0.4) is 0 Å². The van der Waals surface area contributed by atoms with Gasteiger partial charge in [0.05, 0.1) is 17.7 Å². The van der Waals surface area contributed by atoms with Crippen LogP contribution in [0, 0.1) is 11.6 Å². The lowest BCUT2D eigenvalue weighted by Gasteiger charge is -2.07. The van der Waals surface area contributed by atoms with Gasteiger partial charge in [0, 0.05) is 5.56 Å². The first-order valence-corrected chi connectivity index (χ1v) is 5.73. The summed E-state index contributed by atoms with van der Waals surface area (Å²) in [5.74, 6) is -1.74. The van der Waals surface area contributed by atoms with Gasteiger partial charge in [0.1, 0.15) is 11.6 Å². The highest BCUT2D eigenvalue weighted by Crippen LogP contribution is 2.29. The van der Waals surface area contributed by atoms with Crippen LogP contribution in [0.1, 0.15) is 10.4 Å². The normalized spacial score (nSPS) is 10.3. The van der Waals surface area contributed by atoms with Gasteiger partial charge >= 0.3 is 5.97 Å². The molecule has 0 radical (unpaired) electrons. The molecule has 0 aliphatic heterocycles. The van der Waals surface area contributed by atoms with Crippen molar-refractivity contribution in [3.8, 4) is 11.1 Å². The molecule has 0 amide bonds.